The second kappa shape index (κ2) is 6.78. The third-order valence-corrected chi connectivity index (χ3v) is 3.22. The van der Waals surface area contributed by atoms with Crippen molar-refractivity contribution in [3.63, 3.8) is 0 Å². The maximum absolute atomic E-state index is 13.0. The number of nitrogens with one attached hydrogen (secondary N) is 1. The Kier molecular flexibility index (Phi) is 5.05. The Hall–Kier alpha value is -1.26. The molecule has 0 aliphatic rings. The van der Waals surface area contributed by atoms with Gasteiger partial charge < -0.3 is 5.32 Å². The first-order chi connectivity index (χ1) is 9.13. The maximum atomic E-state index is 13.0. The van der Waals surface area contributed by atoms with Crippen LogP contribution < -0.4 is 5.32 Å². The van der Waals surface area contributed by atoms with Crippen LogP contribution in [0.5, 0.6) is 0 Å². The van der Waals surface area contributed by atoms with Crippen molar-refractivity contribution in [1.29, 1.82) is 0 Å². The van der Waals surface area contributed by atoms with E-state index in [4.69, 9.17) is 0 Å². The lowest BCUT2D eigenvalue weighted by Gasteiger charge is -2.06. The van der Waals surface area contributed by atoms with Crippen LogP contribution in [0.3, 0.4) is 0 Å². The highest BCUT2D eigenvalue weighted by Crippen LogP contribution is 2.11. The highest BCUT2D eigenvalue weighted by Gasteiger charge is 2.00. The Balaban J connectivity index is 1.80. The maximum Gasteiger partial charge on any atom is 0.126 e. The van der Waals surface area contributed by atoms with Crippen molar-refractivity contribution in [2.24, 2.45) is 0 Å². The van der Waals surface area contributed by atoms with E-state index in [0.717, 1.165) is 17.1 Å². The van der Waals surface area contributed by atoms with Gasteiger partial charge in [-0.15, -0.1) is 0 Å². The molecule has 0 fully saturated rings. The predicted octanol–water partition coefficient (Wildman–Crippen LogP) is 4.06. The first-order valence-corrected chi connectivity index (χ1v) is 6.83. The monoisotopic (exact) mass is 325 g/mol. The molecule has 0 saturated heterocycles. The predicted molar refractivity (Wildman–Crippen MR) is 75.9 cm³/mol. The molecule has 0 unspecified atom stereocenters. The van der Waals surface area contributed by atoms with Gasteiger partial charge in [-0.1, -0.05) is 28.1 Å². The van der Waals surface area contributed by atoms with Crippen molar-refractivity contribution in [1.82, 2.24) is 5.32 Å². The third-order valence-electron chi connectivity index (χ3n) is 2.73. The molecule has 2 rings (SSSR count). The zero-order chi connectivity index (χ0) is 13.7. The van der Waals surface area contributed by atoms with Gasteiger partial charge in [0, 0.05) is 17.1 Å². The molecule has 2 aromatic carbocycles. The molecule has 0 amide bonds. The number of benzene rings is 2. The lowest BCUT2D eigenvalue weighted by Crippen LogP contribution is -2.16. The normalized spacial score (nSPS) is 10.7. The molecular weight excluding hydrogens is 312 g/mol. The van der Waals surface area contributed by atoms with Gasteiger partial charge in [0.05, 0.1) is 0 Å². The van der Waals surface area contributed by atoms with Crippen LogP contribution in [0.1, 0.15) is 11.1 Å². The molecule has 1 N–H and O–H groups in total. The summed E-state index contributed by atoms with van der Waals surface area (Å²) < 4.78 is 27.0. The molecule has 0 aliphatic carbocycles. The molecule has 0 aliphatic heterocycles. The van der Waals surface area contributed by atoms with Crippen molar-refractivity contribution in [2.45, 2.75) is 13.0 Å². The Morgan fingerprint density at radius 1 is 0.947 bits per heavy atom. The summed E-state index contributed by atoms with van der Waals surface area (Å²) in [5, 5.41) is 3.25. The van der Waals surface area contributed by atoms with Crippen LogP contribution in [-0.4, -0.2) is 6.54 Å². The number of hydrogen-bond acceptors (Lipinski definition) is 1. The number of halogens is 3. The van der Waals surface area contributed by atoms with Crippen molar-refractivity contribution in [3.05, 3.63) is 69.7 Å². The second-order valence-corrected chi connectivity index (χ2v) is 5.25. The van der Waals surface area contributed by atoms with E-state index in [2.05, 4.69) is 21.2 Å². The van der Waals surface area contributed by atoms with Crippen LogP contribution in [0, 0.1) is 11.6 Å². The van der Waals surface area contributed by atoms with Crippen LogP contribution >= 0.6 is 15.9 Å². The van der Waals surface area contributed by atoms with Crippen molar-refractivity contribution < 1.29 is 8.78 Å². The Morgan fingerprint density at radius 3 is 2.37 bits per heavy atom. The average molecular weight is 326 g/mol. The minimum Gasteiger partial charge on any atom is -0.312 e. The lowest BCUT2D eigenvalue weighted by molar-refractivity contribution is 0.577. The van der Waals surface area contributed by atoms with E-state index < -0.39 is 11.6 Å². The van der Waals surface area contributed by atoms with E-state index in [-0.39, 0.29) is 0 Å². The van der Waals surface area contributed by atoms with Crippen LogP contribution in [0.25, 0.3) is 0 Å². The van der Waals surface area contributed by atoms with Crippen molar-refractivity contribution in [2.75, 3.05) is 6.54 Å². The Labute approximate surface area is 119 Å². The van der Waals surface area contributed by atoms with Crippen LogP contribution in [0.15, 0.2) is 46.9 Å². The minimum atomic E-state index is -0.526. The summed E-state index contributed by atoms with van der Waals surface area (Å²) >= 11 is 3.41. The molecule has 0 heterocycles. The third kappa shape index (κ3) is 4.73. The first kappa shape index (κ1) is 14.2. The minimum absolute atomic E-state index is 0.526. The summed E-state index contributed by atoms with van der Waals surface area (Å²) in [6.45, 7) is 1.41. The molecule has 0 aromatic heterocycles. The molecule has 0 spiro atoms. The molecule has 4 heteroatoms. The fourth-order valence-corrected chi connectivity index (χ4v) is 2.31. The van der Waals surface area contributed by atoms with Gasteiger partial charge in [-0.2, -0.15) is 0 Å². The van der Waals surface area contributed by atoms with Gasteiger partial charge in [0.1, 0.15) is 11.6 Å². The Morgan fingerprint density at radius 2 is 1.68 bits per heavy atom. The van der Waals surface area contributed by atoms with Crippen molar-refractivity contribution in [3.8, 4) is 0 Å². The van der Waals surface area contributed by atoms with Crippen LogP contribution in [0.4, 0.5) is 8.78 Å². The summed E-state index contributed by atoms with van der Waals surface area (Å²) in [6, 6.07) is 11.6. The van der Waals surface area contributed by atoms with Gasteiger partial charge in [-0.25, -0.2) is 8.78 Å². The summed E-state index contributed by atoms with van der Waals surface area (Å²) in [4.78, 5) is 0. The van der Waals surface area contributed by atoms with Gasteiger partial charge in [0.25, 0.3) is 0 Å². The largest absolute Gasteiger partial charge is 0.312 e. The highest BCUT2D eigenvalue weighted by molar-refractivity contribution is 9.10. The van der Waals surface area contributed by atoms with Crippen LogP contribution in [-0.2, 0) is 13.0 Å². The smallest absolute Gasteiger partial charge is 0.126 e. The summed E-state index contributed by atoms with van der Waals surface area (Å²) in [7, 11) is 0. The van der Waals surface area contributed by atoms with Gasteiger partial charge >= 0.3 is 0 Å². The molecule has 0 saturated carbocycles. The molecular formula is C15H14BrF2N. The standard InChI is InChI=1S/C15H14BrF2N/c16-13-3-1-2-12(6-13)10-19-5-4-11-7-14(17)9-15(18)8-11/h1-3,6-9,19H,4-5,10H2. The van der Waals surface area contributed by atoms with E-state index in [0.29, 0.717) is 18.5 Å². The van der Waals surface area contributed by atoms with Gasteiger partial charge in [0.2, 0.25) is 0 Å². The zero-order valence-electron chi connectivity index (χ0n) is 10.3. The van der Waals surface area contributed by atoms with Gasteiger partial charge in [-0.3, -0.25) is 0 Å². The van der Waals surface area contributed by atoms with Gasteiger partial charge in [-0.05, 0) is 48.4 Å². The topological polar surface area (TPSA) is 12.0 Å². The SMILES string of the molecule is Fc1cc(F)cc(CCNCc2cccc(Br)c2)c1. The molecule has 100 valence electrons. The summed E-state index contributed by atoms with van der Waals surface area (Å²) in [5.74, 6) is -1.05. The fourth-order valence-electron chi connectivity index (χ4n) is 1.87. The molecule has 0 bridgehead atoms. The van der Waals surface area contributed by atoms with E-state index >= 15 is 0 Å². The quantitative estimate of drug-likeness (QED) is 0.817. The highest BCUT2D eigenvalue weighted by atomic mass is 79.9. The number of hydrogen-bond donors (Lipinski definition) is 1. The summed E-state index contributed by atoms with van der Waals surface area (Å²) in [5.41, 5.74) is 1.83. The summed E-state index contributed by atoms with van der Waals surface area (Å²) in [6.07, 6.45) is 0.600. The zero-order valence-corrected chi connectivity index (χ0v) is 11.9. The van der Waals surface area contributed by atoms with Crippen LogP contribution in [0.2, 0.25) is 0 Å². The fraction of sp³-hybridized carbons (Fsp3) is 0.200. The second-order valence-electron chi connectivity index (χ2n) is 4.33. The van der Waals surface area contributed by atoms with Crippen molar-refractivity contribution >= 4 is 15.9 Å². The van der Waals surface area contributed by atoms with Gasteiger partial charge in [0.15, 0.2) is 0 Å². The van der Waals surface area contributed by atoms with E-state index in [1.165, 1.54) is 17.7 Å². The lowest BCUT2D eigenvalue weighted by atomic mass is 10.1. The average Bonchev–Trinajstić information content (AvgIpc) is 2.34. The van der Waals surface area contributed by atoms with E-state index in [1.807, 2.05) is 24.3 Å². The molecule has 0 atom stereocenters. The van der Waals surface area contributed by atoms with E-state index in [9.17, 15) is 8.78 Å². The Bertz CT molecular complexity index is 537. The molecule has 0 radical (unpaired) electrons. The number of rotatable bonds is 5. The molecule has 1 nitrogen and oxygen atoms in total. The van der Waals surface area contributed by atoms with E-state index in [1.54, 1.807) is 0 Å². The first-order valence-electron chi connectivity index (χ1n) is 6.03. The molecule has 2 aromatic rings. The molecule has 19 heavy (non-hydrogen) atoms.